The van der Waals surface area contributed by atoms with Crippen molar-refractivity contribution in [2.24, 2.45) is 11.8 Å². The van der Waals surface area contributed by atoms with Crippen molar-refractivity contribution in [2.45, 2.75) is 32.3 Å². The van der Waals surface area contributed by atoms with Crippen LogP contribution in [0, 0.1) is 22.0 Å². The van der Waals surface area contributed by atoms with Crippen LogP contribution in [0.1, 0.15) is 52.0 Å². The van der Waals surface area contributed by atoms with Crippen LogP contribution in [-0.2, 0) is 11.3 Å². The minimum atomic E-state index is -0.412. The lowest BCUT2D eigenvalue weighted by Gasteiger charge is -2.30. The molecule has 1 saturated carbocycles. The summed E-state index contributed by atoms with van der Waals surface area (Å²) in [6.07, 6.45) is 3.96. The van der Waals surface area contributed by atoms with Crippen LogP contribution in [-0.4, -0.2) is 34.8 Å². The number of nitro benzene ring substituents is 1. The first kappa shape index (κ1) is 20.2. The highest BCUT2D eigenvalue weighted by atomic mass is 16.6. The van der Waals surface area contributed by atoms with E-state index in [0.717, 1.165) is 31.2 Å². The van der Waals surface area contributed by atoms with Gasteiger partial charge in [-0.3, -0.25) is 24.6 Å². The third-order valence-electron chi connectivity index (χ3n) is 6.05. The zero-order chi connectivity index (χ0) is 21.1. The van der Waals surface area contributed by atoms with E-state index in [0.29, 0.717) is 42.7 Å². The van der Waals surface area contributed by atoms with Crippen molar-refractivity contribution in [2.75, 3.05) is 13.2 Å². The Bertz CT molecular complexity index is 913. The van der Waals surface area contributed by atoms with Gasteiger partial charge in [0.2, 0.25) is 0 Å². The Morgan fingerprint density at radius 2 is 1.47 bits per heavy atom. The normalized spacial score (nSPS) is 21.0. The molecular formula is C23H24N2O5. The second-order valence-corrected chi connectivity index (χ2v) is 8.09. The van der Waals surface area contributed by atoms with E-state index in [2.05, 4.69) is 0 Å². The second kappa shape index (κ2) is 8.75. The van der Waals surface area contributed by atoms with Gasteiger partial charge in [-0.25, -0.2) is 0 Å². The molecule has 0 spiro atoms. The molecule has 2 aromatic carbocycles. The van der Waals surface area contributed by atoms with Crippen LogP contribution in [0.4, 0.5) is 5.69 Å². The summed E-state index contributed by atoms with van der Waals surface area (Å²) >= 11 is 0. The Hall–Kier alpha value is -3.06. The SMILES string of the molecule is O=C1c2ccccc2C(=O)N1CC1CCC(COCc2ccc([N+](=O)[O-])cc2)CC1. The third kappa shape index (κ3) is 4.26. The van der Waals surface area contributed by atoms with Gasteiger partial charge in [0.1, 0.15) is 0 Å². The maximum Gasteiger partial charge on any atom is 0.269 e. The molecule has 0 N–H and O–H groups in total. The fourth-order valence-corrected chi connectivity index (χ4v) is 4.30. The highest BCUT2D eigenvalue weighted by molar-refractivity contribution is 6.21. The molecular weight excluding hydrogens is 384 g/mol. The fourth-order valence-electron chi connectivity index (χ4n) is 4.30. The molecule has 7 heteroatoms. The summed E-state index contributed by atoms with van der Waals surface area (Å²) in [4.78, 5) is 36.7. The van der Waals surface area contributed by atoms with Crippen molar-refractivity contribution in [1.82, 2.24) is 4.90 Å². The van der Waals surface area contributed by atoms with Crippen molar-refractivity contribution < 1.29 is 19.2 Å². The molecule has 2 aliphatic rings. The van der Waals surface area contributed by atoms with E-state index in [4.69, 9.17) is 4.74 Å². The van der Waals surface area contributed by atoms with Crippen molar-refractivity contribution in [3.05, 3.63) is 75.3 Å². The first-order valence-electron chi connectivity index (χ1n) is 10.3. The van der Waals surface area contributed by atoms with Gasteiger partial charge in [0.15, 0.2) is 0 Å². The highest BCUT2D eigenvalue weighted by Crippen LogP contribution is 2.32. The van der Waals surface area contributed by atoms with Gasteiger partial charge in [-0.1, -0.05) is 12.1 Å². The molecule has 4 rings (SSSR count). The molecule has 0 saturated heterocycles. The Balaban J connectivity index is 1.21. The van der Waals surface area contributed by atoms with Crippen LogP contribution in [0.5, 0.6) is 0 Å². The molecule has 30 heavy (non-hydrogen) atoms. The van der Waals surface area contributed by atoms with E-state index >= 15 is 0 Å². The van der Waals surface area contributed by atoms with Gasteiger partial charge in [-0.2, -0.15) is 0 Å². The number of imide groups is 1. The van der Waals surface area contributed by atoms with Crippen molar-refractivity contribution in [1.29, 1.82) is 0 Å². The molecule has 1 aliphatic carbocycles. The third-order valence-corrected chi connectivity index (χ3v) is 6.05. The maximum atomic E-state index is 12.5. The van der Waals surface area contributed by atoms with Crippen LogP contribution >= 0.6 is 0 Å². The Labute approximate surface area is 174 Å². The monoisotopic (exact) mass is 408 g/mol. The Morgan fingerprint density at radius 1 is 0.900 bits per heavy atom. The topological polar surface area (TPSA) is 89.8 Å². The molecule has 0 aromatic heterocycles. The summed E-state index contributed by atoms with van der Waals surface area (Å²) in [6.45, 7) is 1.58. The molecule has 1 heterocycles. The van der Waals surface area contributed by atoms with E-state index in [1.54, 1.807) is 36.4 Å². The van der Waals surface area contributed by atoms with Gasteiger partial charge in [0, 0.05) is 25.3 Å². The summed E-state index contributed by atoms with van der Waals surface area (Å²) in [5, 5.41) is 10.7. The number of carbonyl (C=O) groups is 2. The summed E-state index contributed by atoms with van der Waals surface area (Å²) in [5.41, 5.74) is 2.02. The average molecular weight is 408 g/mol. The predicted octanol–water partition coefficient (Wildman–Crippen LogP) is 4.21. The molecule has 2 aromatic rings. The zero-order valence-electron chi connectivity index (χ0n) is 16.7. The number of nitrogens with zero attached hydrogens (tertiary/aromatic N) is 2. The largest absolute Gasteiger partial charge is 0.376 e. The molecule has 1 fully saturated rings. The van der Waals surface area contributed by atoms with Crippen molar-refractivity contribution in [3.63, 3.8) is 0 Å². The lowest BCUT2D eigenvalue weighted by Crippen LogP contribution is -2.36. The predicted molar refractivity (Wildman–Crippen MR) is 110 cm³/mol. The van der Waals surface area contributed by atoms with E-state index in [1.807, 2.05) is 0 Å². The first-order valence-corrected chi connectivity index (χ1v) is 10.3. The second-order valence-electron chi connectivity index (χ2n) is 8.09. The molecule has 2 amide bonds. The van der Waals surface area contributed by atoms with Gasteiger partial charge >= 0.3 is 0 Å². The zero-order valence-corrected chi connectivity index (χ0v) is 16.7. The molecule has 7 nitrogen and oxygen atoms in total. The van der Waals surface area contributed by atoms with Crippen molar-refractivity contribution in [3.8, 4) is 0 Å². The molecule has 0 radical (unpaired) electrons. The van der Waals surface area contributed by atoms with Crippen LogP contribution in [0.25, 0.3) is 0 Å². The number of carbonyl (C=O) groups excluding carboxylic acids is 2. The van der Waals surface area contributed by atoms with E-state index in [1.165, 1.54) is 17.0 Å². The number of hydrogen-bond acceptors (Lipinski definition) is 5. The fraction of sp³-hybridized carbons (Fsp3) is 0.391. The summed E-state index contributed by atoms with van der Waals surface area (Å²) in [7, 11) is 0. The minimum absolute atomic E-state index is 0.0788. The Kier molecular flexibility index (Phi) is 5.90. The van der Waals surface area contributed by atoms with Gasteiger partial charge in [-0.05, 0) is 67.3 Å². The standard InChI is InChI=1S/C23H24N2O5/c26-22-20-3-1-2-4-21(20)23(27)24(22)13-16-5-7-17(8-6-16)14-30-15-18-9-11-19(12-10-18)25(28)29/h1-4,9-12,16-17H,5-8,13-15H2. The highest BCUT2D eigenvalue weighted by Gasteiger charge is 2.37. The van der Waals surface area contributed by atoms with Gasteiger partial charge in [-0.15, -0.1) is 0 Å². The minimum Gasteiger partial charge on any atom is -0.376 e. The number of hydrogen-bond donors (Lipinski definition) is 0. The van der Waals surface area contributed by atoms with E-state index in [9.17, 15) is 19.7 Å². The van der Waals surface area contributed by atoms with Crippen LogP contribution in [0.3, 0.4) is 0 Å². The lowest BCUT2D eigenvalue weighted by atomic mass is 9.82. The molecule has 0 unspecified atom stereocenters. The summed E-state index contributed by atoms with van der Waals surface area (Å²) in [5.74, 6) is 0.438. The van der Waals surface area contributed by atoms with E-state index in [-0.39, 0.29) is 17.5 Å². The molecule has 156 valence electrons. The smallest absolute Gasteiger partial charge is 0.269 e. The number of non-ortho nitro benzene ring substituents is 1. The number of nitro groups is 1. The number of rotatable bonds is 7. The number of amides is 2. The number of ether oxygens (including phenoxy) is 1. The summed E-state index contributed by atoms with van der Waals surface area (Å²) < 4.78 is 5.82. The van der Waals surface area contributed by atoms with Crippen molar-refractivity contribution >= 4 is 17.5 Å². The van der Waals surface area contributed by atoms with Crippen LogP contribution in [0.2, 0.25) is 0 Å². The molecule has 0 bridgehead atoms. The van der Waals surface area contributed by atoms with Crippen LogP contribution < -0.4 is 0 Å². The van der Waals surface area contributed by atoms with E-state index < -0.39 is 4.92 Å². The molecule has 0 atom stereocenters. The maximum absolute atomic E-state index is 12.5. The summed E-state index contributed by atoms with van der Waals surface area (Å²) in [6, 6.07) is 13.4. The lowest BCUT2D eigenvalue weighted by molar-refractivity contribution is -0.384. The van der Waals surface area contributed by atoms with Gasteiger partial charge < -0.3 is 4.74 Å². The van der Waals surface area contributed by atoms with Gasteiger partial charge in [0.25, 0.3) is 17.5 Å². The molecule has 1 aliphatic heterocycles. The number of fused-ring (bicyclic) bond motifs is 1. The average Bonchev–Trinajstić information content (AvgIpc) is 3.00. The first-order chi connectivity index (χ1) is 14.5. The Morgan fingerprint density at radius 3 is 2.03 bits per heavy atom. The number of benzene rings is 2. The van der Waals surface area contributed by atoms with Crippen LogP contribution in [0.15, 0.2) is 48.5 Å². The quantitative estimate of drug-likeness (QED) is 0.389. The van der Waals surface area contributed by atoms with Gasteiger partial charge in [0.05, 0.1) is 22.7 Å².